The number of carbonyl (C=O) groups is 1. The van der Waals surface area contributed by atoms with Gasteiger partial charge in [0, 0.05) is 23.7 Å². The van der Waals surface area contributed by atoms with Gasteiger partial charge in [-0.05, 0) is 42.8 Å². The van der Waals surface area contributed by atoms with Crippen LogP contribution in [0.2, 0.25) is 0 Å². The minimum absolute atomic E-state index is 0.0600. The summed E-state index contributed by atoms with van der Waals surface area (Å²) < 4.78 is 17.8. The molecule has 3 atom stereocenters. The van der Waals surface area contributed by atoms with Crippen molar-refractivity contribution in [1.29, 1.82) is 0 Å². The zero-order valence-electron chi connectivity index (χ0n) is 17.1. The van der Waals surface area contributed by atoms with Crippen LogP contribution < -0.4 is 19.5 Å². The fourth-order valence-electron chi connectivity index (χ4n) is 4.70. The quantitative estimate of drug-likeness (QED) is 0.513. The van der Waals surface area contributed by atoms with Crippen LogP contribution in [0.25, 0.3) is 11.0 Å². The Morgan fingerprint density at radius 3 is 3.00 bits per heavy atom. The molecule has 2 N–H and O–H groups in total. The van der Waals surface area contributed by atoms with Gasteiger partial charge in [0.25, 0.3) is 5.91 Å². The number of aromatic nitrogens is 3. The molecule has 0 saturated heterocycles. The third kappa shape index (κ3) is 2.59. The number of anilines is 1. The van der Waals surface area contributed by atoms with Gasteiger partial charge in [0.15, 0.2) is 18.2 Å². The molecule has 8 nitrogen and oxygen atoms in total. The number of benzene rings is 2. The van der Waals surface area contributed by atoms with Gasteiger partial charge in [-0.15, -0.1) is 0 Å². The number of nitrogens with one attached hydrogen (secondary N) is 2. The minimum atomic E-state index is -0.233. The van der Waals surface area contributed by atoms with Crippen molar-refractivity contribution < 1.29 is 19.0 Å². The van der Waals surface area contributed by atoms with Crippen LogP contribution in [0, 0.1) is 6.92 Å². The molecule has 3 aliphatic rings. The SMILES string of the molecule is Cc1ccc2nc(C3C4Oc5ccc(Oc6ccnc7c6OCC(=O)N7)cc5C43)[nH]c2c1. The van der Waals surface area contributed by atoms with Gasteiger partial charge >= 0.3 is 0 Å². The van der Waals surface area contributed by atoms with Crippen LogP contribution in [0.4, 0.5) is 5.82 Å². The van der Waals surface area contributed by atoms with E-state index < -0.39 is 0 Å². The third-order valence-corrected chi connectivity index (χ3v) is 6.23. The van der Waals surface area contributed by atoms with Gasteiger partial charge in [0.2, 0.25) is 5.75 Å². The highest BCUT2D eigenvalue weighted by Crippen LogP contribution is 2.63. The summed E-state index contributed by atoms with van der Waals surface area (Å²) in [5.41, 5.74) is 4.35. The number of nitrogens with zero attached hydrogens (tertiary/aromatic N) is 2. The molecule has 1 fully saturated rings. The first-order chi connectivity index (χ1) is 15.6. The summed E-state index contributed by atoms with van der Waals surface area (Å²) in [6.07, 6.45) is 1.67. The van der Waals surface area contributed by atoms with E-state index in [0.29, 0.717) is 23.1 Å². The van der Waals surface area contributed by atoms with Crippen molar-refractivity contribution in [2.24, 2.45) is 0 Å². The average Bonchev–Trinajstić information content (AvgIpc) is 3.14. The molecule has 3 unspecified atom stereocenters. The number of aromatic amines is 1. The maximum Gasteiger partial charge on any atom is 0.263 e. The standard InChI is InChI=1S/C24H18N4O4/c1-11-2-4-14-15(8-11)27-23(26-14)20-19-13-9-12(3-5-16(13)32-22(19)20)31-17-6-7-25-24-21(17)30-10-18(29)28-24/h2-9,19-20,22H,10H2,1H3,(H,26,27)(H,25,28,29). The summed E-state index contributed by atoms with van der Waals surface area (Å²) >= 11 is 0. The normalized spacial score (nSPS) is 22.3. The molecule has 32 heavy (non-hydrogen) atoms. The smallest absolute Gasteiger partial charge is 0.263 e. The molecule has 0 radical (unpaired) electrons. The Hall–Kier alpha value is -4.07. The topological polar surface area (TPSA) is 98.4 Å². The van der Waals surface area contributed by atoms with E-state index in [-0.39, 0.29) is 30.5 Å². The van der Waals surface area contributed by atoms with Crippen LogP contribution in [-0.2, 0) is 4.79 Å². The van der Waals surface area contributed by atoms with E-state index in [2.05, 4.69) is 34.3 Å². The first-order valence-electron chi connectivity index (χ1n) is 10.5. The molecule has 2 aliphatic heterocycles. The minimum Gasteiger partial charge on any atom is -0.489 e. The van der Waals surface area contributed by atoms with Crippen LogP contribution in [0.1, 0.15) is 28.8 Å². The second kappa shape index (κ2) is 6.23. The Labute approximate surface area is 182 Å². The molecule has 4 heterocycles. The Morgan fingerprint density at radius 1 is 1.12 bits per heavy atom. The number of fused-ring (bicyclic) bond motifs is 5. The van der Waals surface area contributed by atoms with E-state index in [0.717, 1.165) is 28.2 Å². The van der Waals surface area contributed by atoms with E-state index in [1.165, 1.54) is 5.56 Å². The van der Waals surface area contributed by atoms with Gasteiger partial charge in [-0.3, -0.25) is 4.79 Å². The van der Waals surface area contributed by atoms with Gasteiger partial charge in [0.1, 0.15) is 23.4 Å². The van der Waals surface area contributed by atoms with Crippen molar-refractivity contribution in [3.05, 3.63) is 65.6 Å². The lowest BCUT2D eigenvalue weighted by molar-refractivity contribution is -0.118. The van der Waals surface area contributed by atoms with E-state index >= 15 is 0 Å². The molecule has 8 heteroatoms. The van der Waals surface area contributed by atoms with Crippen molar-refractivity contribution in [3.8, 4) is 23.0 Å². The van der Waals surface area contributed by atoms with Crippen molar-refractivity contribution >= 4 is 22.8 Å². The summed E-state index contributed by atoms with van der Waals surface area (Å²) in [5, 5.41) is 2.69. The van der Waals surface area contributed by atoms with Crippen LogP contribution in [0.15, 0.2) is 48.7 Å². The van der Waals surface area contributed by atoms with Crippen LogP contribution in [0.5, 0.6) is 23.0 Å². The number of ether oxygens (including phenoxy) is 3. The maximum atomic E-state index is 11.5. The Balaban J connectivity index is 1.18. The Morgan fingerprint density at radius 2 is 2.06 bits per heavy atom. The highest BCUT2D eigenvalue weighted by molar-refractivity contribution is 5.94. The fraction of sp³-hybridized carbons (Fsp3) is 0.208. The van der Waals surface area contributed by atoms with Crippen LogP contribution >= 0.6 is 0 Å². The van der Waals surface area contributed by atoms with Gasteiger partial charge < -0.3 is 24.5 Å². The lowest BCUT2D eigenvalue weighted by Gasteiger charge is -2.19. The van der Waals surface area contributed by atoms with Gasteiger partial charge in [0.05, 0.1) is 17.0 Å². The number of aryl methyl sites for hydroxylation is 1. The molecule has 7 rings (SSSR count). The number of imidazole rings is 1. The van der Waals surface area contributed by atoms with Crippen molar-refractivity contribution in [1.82, 2.24) is 15.0 Å². The molecule has 0 bridgehead atoms. The summed E-state index contributed by atoms with van der Waals surface area (Å²) in [7, 11) is 0. The fourth-order valence-corrected chi connectivity index (χ4v) is 4.70. The number of hydrogen-bond donors (Lipinski definition) is 2. The highest BCUT2D eigenvalue weighted by Gasteiger charge is 2.61. The number of carbonyl (C=O) groups excluding carboxylic acids is 1. The molecule has 0 spiro atoms. The molecular weight excluding hydrogens is 408 g/mol. The van der Waals surface area contributed by atoms with Crippen molar-refractivity contribution in [2.75, 3.05) is 11.9 Å². The second-order valence-corrected chi connectivity index (χ2v) is 8.40. The molecule has 158 valence electrons. The zero-order valence-corrected chi connectivity index (χ0v) is 17.1. The van der Waals surface area contributed by atoms with E-state index in [4.69, 9.17) is 19.2 Å². The van der Waals surface area contributed by atoms with Crippen LogP contribution in [-0.4, -0.2) is 33.6 Å². The first kappa shape index (κ1) is 17.6. The molecule has 4 aromatic rings. The second-order valence-electron chi connectivity index (χ2n) is 8.40. The number of rotatable bonds is 3. The lowest BCUT2D eigenvalue weighted by atomic mass is 10.1. The summed E-state index contributed by atoms with van der Waals surface area (Å²) in [6, 6.07) is 13.8. The third-order valence-electron chi connectivity index (χ3n) is 6.23. The first-order valence-corrected chi connectivity index (χ1v) is 10.5. The van der Waals surface area contributed by atoms with E-state index in [9.17, 15) is 4.79 Å². The maximum absolute atomic E-state index is 11.5. The molecule has 1 saturated carbocycles. The monoisotopic (exact) mass is 426 g/mol. The molecule has 1 aliphatic carbocycles. The summed E-state index contributed by atoms with van der Waals surface area (Å²) in [6.45, 7) is 2.02. The van der Waals surface area contributed by atoms with Crippen LogP contribution in [0.3, 0.4) is 0 Å². The molecular formula is C24H18N4O4. The Bertz CT molecular complexity index is 1430. The van der Waals surface area contributed by atoms with Gasteiger partial charge in [-0.2, -0.15) is 0 Å². The summed E-state index contributed by atoms with van der Waals surface area (Å²) in [4.78, 5) is 24.0. The van der Waals surface area contributed by atoms with Crippen molar-refractivity contribution in [2.45, 2.75) is 24.9 Å². The largest absolute Gasteiger partial charge is 0.489 e. The highest BCUT2D eigenvalue weighted by atomic mass is 16.5. The van der Waals surface area contributed by atoms with E-state index in [1.54, 1.807) is 12.3 Å². The number of hydrogen-bond acceptors (Lipinski definition) is 6. The number of amides is 1. The zero-order chi connectivity index (χ0) is 21.4. The van der Waals surface area contributed by atoms with E-state index in [1.807, 2.05) is 24.3 Å². The van der Waals surface area contributed by atoms with Gasteiger partial charge in [-0.25, -0.2) is 9.97 Å². The average molecular weight is 426 g/mol. The van der Waals surface area contributed by atoms with Crippen molar-refractivity contribution in [3.63, 3.8) is 0 Å². The number of H-pyrrole nitrogens is 1. The lowest BCUT2D eigenvalue weighted by Crippen LogP contribution is -2.26. The predicted molar refractivity (Wildman–Crippen MR) is 116 cm³/mol. The number of pyridine rings is 1. The molecule has 2 aromatic carbocycles. The molecule has 1 amide bonds. The Kier molecular flexibility index (Phi) is 3.42. The van der Waals surface area contributed by atoms with Gasteiger partial charge in [-0.1, -0.05) is 6.07 Å². The summed E-state index contributed by atoms with van der Waals surface area (Å²) in [5.74, 6) is 4.05. The predicted octanol–water partition coefficient (Wildman–Crippen LogP) is 4.03. The molecule has 2 aromatic heterocycles.